The van der Waals surface area contributed by atoms with Gasteiger partial charge in [0.05, 0.1) is 0 Å². The maximum absolute atomic E-state index is 6.03. The molecule has 132 valence electrons. The van der Waals surface area contributed by atoms with Gasteiger partial charge in [-0.15, -0.1) is 24.8 Å². The Kier molecular flexibility index (Phi) is 8.31. The highest BCUT2D eigenvalue weighted by molar-refractivity contribution is 6.30. The summed E-state index contributed by atoms with van der Waals surface area (Å²) in [7, 11) is 0. The van der Waals surface area contributed by atoms with Crippen LogP contribution in [0.3, 0.4) is 0 Å². The highest BCUT2D eigenvalue weighted by atomic mass is 35.5. The van der Waals surface area contributed by atoms with Crippen molar-refractivity contribution >= 4 is 47.9 Å². The van der Waals surface area contributed by atoms with E-state index in [0.717, 1.165) is 23.1 Å². The van der Waals surface area contributed by atoms with Crippen LogP contribution in [0, 0.1) is 0 Å². The second kappa shape index (κ2) is 9.47. The van der Waals surface area contributed by atoms with Crippen molar-refractivity contribution in [1.82, 2.24) is 9.88 Å². The largest absolute Gasteiger partial charge is 0.340 e. The molecule has 0 atom stereocenters. The summed E-state index contributed by atoms with van der Waals surface area (Å²) in [6.07, 6.45) is 3.33. The first kappa shape index (κ1) is 21.0. The number of nitrogens with one attached hydrogen (secondary N) is 1. The molecule has 1 aliphatic rings. The van der Waals surface area contributed by atoms with Gasteiger partial charge in [0, 0.05) is 23.5 Å². The summed E-state index contributed by atoms with van der Waals surface area (Å²) in [5, 5.41) is 4.06. The third-order valence-electron chi connectivity index (χ3n) is 4.08. The maximum atomic E-state index is 6.03. The Bertz CT molecular complexity index is 658. The van der Waals surface area contributed by atoms with Gasteiger partial charge in [0.15, 0.2) is 0 Å². The SMILES string of the molecule is CC(C)c1cc(Nc2cccc(Cl)c2)ncc1CN1CCC1.Cl.Cl. The van der Waals surface area contributed by atoms with Gasteiger partial charge in [0.2, 0.25) is 0 Å². The molecule has 0 unspecified atom stereocenters. The molecule has 24 heavy (non-hydrogen) atoms. The van der Waals surface area contributed by atoms with Crippen molar-refractivity contribution in [2.45, 2.75) is 32.7 Å². The highest BCUT2D eigenvalue weighted by Gasteiger charge is 2.17. The number of benzene rings is 1. The van der Waals surface area contributed by atoms with Crippen LogP contribution in [-0.4, -0.2) is 23.0 Å². The fourth-order valence-electron chi connectivity index (χ4n) is 2.73. The lowest BCUT2D eigenvalue weighted by molar-refractivity contribution is 0.172. The number of pyridine rings is 1. The molecule has 1 aliphatic heterocycles. The van der Waals surface area contributed by atoms with E-state index in [0.29, 0.717) is 5.92 Å². The van der Waals surface area contributed by atoms with Crippen molar-refractivity contribution in [3.8, 4) is 0 Å². The molecule has 3 rings (SSSR count). The molecule has 0 radical (unpaired) electrons. The lowest BCUT2D eigenvalue weighted by Gasteiger charge is -2.31. The molecule has 0 spiro atoms. The smallest absolute Gasteiger partial charge is 0.130 e. The average Bonchev–Trinajstić information content (AvgIpc) is 2.43. The fraction of sp³-hybridized carbons (Fsp3) is 0.389. The number of nitrogens with zero attached hydrogens (tertiary/aromatic N) is 2. The van der Waals surface area contributed by atoms with Crippen LogP contribution in [-0.2, 0) is 6.54 Å². The molecule has 1 N–H and O–H groups in total. The Balaban J connectivity index is 0.00000144. The quantitative estimate of drug-likeness (QED) is 0.717. The standard InChI is InChI=1S/C18H22ClN3.2ClH/c1-13(2)17-10-18(21-16-6-3-5-15(19)9-16)20-11-14(17)12-22-7-4-8-22;;/h3,5-6,9-11,13H,4,7-8,12H2,1-2H3,(H,20,21);2*1H. The highest BCUT2D eigenvalue weighted by Crippen LogP contribution is 2.26. The molecule has 2 aromatic rings. The van der Waals surface area contributed by atoms with Crippen LogP contribution in [0.2, 0.25) is 5.02 Å². The van der Waals surface area contributed by atoms with Crippen molar-refractivity contribution in [2.24, 2.45) is 0 Å². The number of halogens is 3. The van der Waals surface area contributed by atoms with E-state index < -0.39 is 0 Å². The summed E-state index contributed by atoms with van der Waals surface area (Å²) in [4.78, 5) is 7.04. The third kappa shape index (κ3) is 5.25. The number of likely N-dealkylation sites (tertiary alicyclic amines) is 1. The van der Waals surface area contributed by atoms with Crippen molar-refractivity contribution in [3.63, 3.8) is 0 Å². The van der Waals surface area contributed by atoms with Gasteiger partial charge >= 0.3 is 0 Å². The van der Waals surface area contributed by atoms with Crippen molar-refractivity contribution in [1.29, 1.82) is 0 Å². The predicted molar refractivity (Wildman–Crippen MR) is 107 cm³/mol. The van der Waals surface area contributed by atoms with Crippen LogP contribution >= 0.6 is 36.4 Å². The van der Waals surface area contributed by atoms with Gasteiger partial charge in [-0.1, -0.05) is 31.5 Å². The van der Waals surface area contributed by atoms with E-state index in [1.54, 1.807) is 0 Å². The Morgan fingerprint density at radius 3 is 2.54 bits per heavy atom. The van der Waals surface area contributed by atoms with Gasteiger partial charge in [-0.25, -0.2) is 4.98 Å². The Morgan fingerprint density at radius 1 is 1.21 bits per heavy atom. The summed E-state index contributed by atoms with van der Waals surface area (Å²) >= 11 is 6.03. The monoisotopic (exact) mass is 387 g/mol. The lowest BCUT2D eigenvalue weighted by atomic mass is 9.98. The first-order chi connectivity index (χ1) is 10.6. The van der Waals surface area contributed by atoms with Crippen molar-refractivity contribution in [3.05, 3.63) is 52.7 Å². The zero-order valence-electron chi connectivity index (χ0n) is 14.0. The normalized spacial score (nSPS) is 13.7. The van der Waals surface area contributed by atoms with Crippen LogP contribution in [0.4, 0.5) is 11.5 Å². The van der Waals surface area contributed by atoms with E-state index in [4.69, 9.17) is 11.6 Å². The molecule has 0 aliphatic carbocycles. The van der Waals surface area contributed by atoms with E-state index in [1.165, 1.54) is 30.6 Å². The van der Waals surface area contributed by atoms with Gasteiger partial charge < -0.3 is 5.32 Å². The topological polar surface area (TPSA) is 28.2 Å². The molecule has 0 bridgehead atoms. The first-order valence-electron chi connectivity index (χ1n) is 7.85. The van der Waals surface area contributed by atoms with Crippen LogP contribution in [0.15, 0.2) is 36.5 Å². The van der Waals surface area contributed by atoms with Gasteiger partial charge in [0.25, 0.3) is 0 Å². The number of hydrogen-bond donors (Lipinski definition) is 1. The van der Waals surface area contributed by atoms with E-state index in [2.05, 4.69) is 35.1 Å². The molecule has 1 saturated heterocycles. The fourth-order valence-corrected chi connectivity index (χ4v) is 2.92. The molecule has 0 saturated carbocycles. The number of hydrogen-bond acceptors (Lipinski definition) is 3. The average molecular weight is 389 g/mol. The lowest BCUT2D eigenvalue weighted by Crippen LogP contribution is -2.36. The minimum atomic E-state index is 0. The Labute approximate surface area is 161 Å². The molecule has 1 fully saturated rings. The molecular formula is C18H24Cl3N3. The molecular weight excluding hydrogens is 365 g/mol. The summed E-state index contributed by atoms with van der Waals surface area (Å²) in [5.74, 6) is 1.36. The zero-order valence-corrected chi connectivity index (χ0v) is 16.3. The zero-order chi connectivity index (χ0) is 15.5. The molecule has 1 aromatic heterocycles. The van der Waals surface area contributed by atoms with E-state index >= 15 is 0 Å². The van der Waals surface area contributed by atoms with Crippen LogP contribution in [0.25, 0.3) is 0 Å². The molecule has 1 aromatic carbocycles. The minimum absolute atomic E-state index is 0. The Hall–Kier alpha value is -1.00. The van der Waals surface area contributed by atoms with Crippen molar-refractivity contribution < 1.29 is 0 Å². The predicted octanol–water partition coefficient (Wildman–Crippen LogP) is 5.65. The first-order valence-corrected chi connectivity index (χ1v) is 8.23. The van der Waals surface area contributed by atoms with E-state index in [-0.39, 0.29) is 24.8 Å². The molecule has 2 heterocycles. The van der Waals surface area contributed by atoms with Gasteiger partial charge in [-0.05, 0) is 60.8 Å². The van der Waals surface area contributed by atoms with Crippen LogP contribution in [0.1, 0.15) is 37.3 Å². The number of rotatable bonds is 5. The molecule has 3 nitrogen and oxygen atoms in total. The number of aromatic nitrogens is 1. The second-order valence-corrected chi connectivity index (χ2v) is 6.62. The Morgan fingerprint density at radius 2 is 1.96 bits per heavy atom. The summed E-state index contributed by atoms with van der Waals surface area (Å²) < 4.78 is 0. The molecule has 0 amide bonds. The second-order valence-electron chi connectivity index (χ2n) is 6.19. The van der Waals surface area contributed by atoms with E-state index in [9.17, 15) is 0 Å². The third-order valence-corrected chi connectivity index (χ3v) is 4.32. The summed E-state index contributed by atoms with van der Waals surface area (Å²) in [6.45, 7) is 7.90. The van der Waals surface area contributed by atoms with Gasteiger partial charge in [-0.2, -0.15) is 0 Å². The summed E-state index contributed by atoms with van der Waals surface area (Å²) in [6, 6.07) is 9.88. The van der Waals surface area contributed by atoms with E-state index in [1.807, 2.05) is 30.5 Å². The van der Waals surface area contributed by atoms with Crippen LogP contribution < -0.4 is 5.32 Å². The van der Waals surface area contributed by atoms with Crippen LogP contribution in [0.5, 0.6) is 0 Å². The number of anilines is 2. The van der Waals surface area contributed by atoms with Gasteiger partial charge in [-0.3, -0.25) is 4.90 Å². The van der Waals surface area contributed by atoms with Gasteiger partial charge in [0.1, 0.15) is 5.82 Å². The maximum Gasteiger partial charge on any atom is 0.130 e. The molecule has 6 heteroatoms. The minimum Gasteiger partial charge on any atom is -0.340 e. The summed E-state index contributed by atoms with van der Waals surface area (Å²) in [5.41, 5.74) is 3.67. The van der Waals surface area contributed by atoms with Crippen molar-refractivity contribution in [2.75, 3.05) is 18.4 Å².